The molecular formula is C14H14N2O2. The van der Waals surface area contributed by atoms with Crippen molar-refractivity contribution in [3.05, 3.63) is 59.8 Å². The summed E-state index contributed by atoms with van der Waals surface area (Å²) in [6.45, 7) is 0.323. The molecule has 2 aromatic rings. The van der Waals surface area contributed by atoms with E-state index in [0.29, 0.717) is 18.2 Å². The molecule has 2 rings (SSSR count). The molecule has 1 aromatic carbocycles. The molecule has 0 fully saturated rings. The lowest BCUT2D eigenvalue weighted by molar-refractivity contribution is 0.273. The van der Waals surface area contributed by atoms with Gasteiger partial charge in [0.25, 0.3) is 0 Å². The average molecular weight is 242 g/mol. The van der Waals surface area contributed by atoms with E-state index < -0.39 is 0 Å². The van der Waals surface area contributed by atoms with Gasteiger partial charge in [-0.05, 0) is 17.7 Å². The summed E-state index contributed by atoms with van der Waals surface area (Å²) in [4.78, 5) is 0. The third-order valence-electron chi connectivity index (χ3n) is 2.29. The van der Waals surface area contributed by atoms with E-state index in [-0.39, 0.29) is 6.61 Å². The number of rotatable bonds is 5. The summed E-state index contributed by atoms with van der Waals surface area (Å²) in [5.41, 5.74) is 1.66. The van der Waals surface area contributed by atoms with E-state index in [4.69, 9.17) is 9.84 Å². The number of nitrogens with zero attached hydrogens (tertiary/aromatic N) is 2. The Morgan fingerprint density at radius 2 is 1.89 bits per heavy atom. The third kappa shape index (κ3) is 3.68. The molecule has 0 atom stereocenters. The van der Waals surface area contributed by atoms with Crippen molar-refractivity contribution in [3.63, 3.8) is 0 Å². The zero-order chi connectivity index (χ0) is 12.6. The lowest BCUT2D eigenvalue weighted by atomic mass is 10.2. The predicted molar refractivity (Wildman–Crippen MR) is 68.9 cm³/mol. The van der Waals surface area contributed by atoms with Gasteiger partial charge in [-0.3, -0.25) is 0 Å². The first-order chi connectivity index (χ1) is 8.88. The molecule has 4 heteroatoms. The van der Waals surface area contributed by atoms with Crippen molar-refractivity contribution in [1.29, 1.82) is 0 Å². The number of hydrogen-bond acceptors (Lipinski definition) is 4. The van der Waals surface area contributed by atoms with Crippen molar-refractivity contribution in [3.8, 4) is 5.88 Å². The number of benzene rings is 1. The van der Waals surface area contributed by atoms with Gasteiger partial charge in [-0.15, -0.1) is 10.2 Å². The van der Waals surface area contributed by atoms with Gasteiger partial charge in [0.1, 0.15) is 6.61 Å². The summed E-state index contributed by atoms with van der Waals surface area (Å²) in [7, 11) is 0. The smallest absolute Gasteiger partial charge is 0.233 e. The minimum atomic E-state index is -0.110. The highest BCUT2D eigenvalue weighted by atomic mass is 16.5. The predicted octanol–water partition coefficient (Wildman–Crippen LogP) is 2.06. The average Bonchev–Trinajstić information content (AvgIpc) is 2.45. The molecule has 18 heavy (non-hydrogen) atoms. The van der Waals surface area contributed by atoms with Crippen molar-refractivity contribution in [2.24, 2.45) is 0 Å². The van der Waals surface area contributed by atoms with E-state index in [2.05, 4.69) is 10.2 Å². The Bertz CT molecular complexity index is 495. The van der Waals surface area contributed by atoms with Crippen molar-refractivity contribution in [2.75, 3.05) is 6.61 Å². The fraction of sp³-hybridized carbons (Fsp3) is 0.143. The van der Waals surface area contributed by atoms with E-state index in [1.54, 1.807) is 12.1 Å². The molecule has 92 valence electrons. The number of hydrogen-bond donors (Lipinski definition) is 1. The van der Waals surface area contributed by atoms with Crippen molar-refractivity contribution in [1.82, 2.24) is 10.2 Å². The molecule has 0 aliphatic carbocycles. The maximum Gasteiger partial charge on any atom is 0.233 e. The lowest BCUT2D eigenvalue weighted by Gasteiger charge is -2.01. The van der Waals surface area contributed by atoms with E-state index >= 15 is 0 Å². The number of aromatic nitrogens is 2. The Kier molecular flexibility index (Phi) is 4.44. The summed E-state index contributed by atoms with van der Waals surface area (Å²) in [6.07, 6.45) is 3.90. The fourth-order valence-electron chi connectivity index (χ4n) is 1.39. The van der Waals surface area contributed by atoms with Crippen molar-refractivity contribution >= 4 is 6.08 Å². The highest BCUT2D eigenvalue weighted by Crippen LogP contribution is 2.05. The number of aliphatic hydroxyl groups is 1. The van der Waals surface area contributed by atoms with Crippen LogP contribution < -0.4 is 4.74 Å². The first-order valence-electron chi connectivity index (χ1n) is 5.66. The highest BCUT2D eigenvalue weighted by Gasteiger charge is 1.95. The first-order valence-corrected chi connectivity index (χ1v) is 5.66. The molecule has 0 spiro atoms. The maximum atomic E-state index is 8.81. The molecule has 1 N–H and O–H groups in total. The molecule has 0 saturated carbocycles. The molecule has 0 bridgehead atoms. The van der Waals surface area contributed by atoms with E-state index in [0.717, 1.165) is 5.56 Å². The molecule has 0 aliphatic heterocycles. The molecule has 0 unspecified atom stereocenters. The normalized spacial score (nSPS) is 10.7. The van der Waals surface area contributed by atoms with Gasteiger partial charge < -0.3 is 9.84 Å². The van der Waals surface area contributed by atoms with Crippen LogP contribution in [0.25, 0.3) is 6.08 Å². The van der Waals surface area contributed by atoms with Crippen LogP contribution in [0.1, 0.15) is 11.3 Å². The van der Waals surface area contributed by atoms with Gasteiger partial charge >= 0.3 is 0 Å². The van der Waals surface area contributed by atoms with Crippen molar-refractivity contribution < 1.29 is 9.84 Å². The summed E-state index contributed by atoms with van der Waals surface area (Å²) in [6, 6.07) is 13.4. The highest BCUT2D eigenvalue weighted by molar-refractivity contribution is 5.48. The second-order valence-electron chi connectivity index (χ2n) is 3.65. The first kappa shape index (κ1) is 12.3. The summed E-state index contributed by atoms with van der Waals surface area (Å²) in [5.74, 6) is 0.449. The third-order valence-corrected chi connectivity index (χ3v) is 2.29. The van der Waals surface area contributed by atoms with Gasteiger partial charge in [0.05, 0.1) is 12.3 Å². The SMILES string of the molecule is OCc1ccc(OC/C=C/c2ccccc2)nn1. The largest absolute Gasteiger partial charge is 0.472 e. The van der Waals surface area contributed by atoms with Crippen LogP contribution >= 0.6 is 0 Å². The summed E-state index contributed by atoms with van der Waals surface area (Å²) < 4.78 is 5.39. The molecule has 0 saturated heterocycles. The van der Waals surface area contributed by atoms with Gasteiger partial charge in [0, 0.05) is 6.07 Å². The van der Waals surface area contributed by atoms with Crippen LogP contribution in [-0.4, -0.2) is 21.9 Å². The Morgan fingerprint density at radius 3 is 2.56 bits per heavy atom. The Labute approximate surface area is 106 Å². The van der Waals surface area contributed by atoms with Gasteiger partial charge in [-0.1, -0.05) is 36.4 Å². The quantitative estimate of drug-likeness (QED) is 0.872. The van der Waals surface area contributed by atoms with Crippen LogP contribution in [0.2, 0.25) is 0 Å². The van der Waals surface area contributed by atoms with Crippen LogP contribution in [0.4, 0.5) is 0 Å². The van der Waals surface area contributed by atoms with E-state index in [1.165, 1.54) is 0 Å². The van der Waals surface area contributed by atoms with Gasteiger partial charge in [-0.2, -0.15) is 0 Å². The van der Waals surface area contributed by atoms with E-state index in [9.17, 15) is 0 Å². The Balaban J connectivity index is 1.83. The second-order valence-corrected chi connectivity index (χ2v) is 3.65. The molecule has 1 heterocycles. The minimum Gasteiger partial charge on any atom is -0.472 e. The number of ether oxygens (including phenoxy) is 1. The molecule has 1 aromatic heterocycles. The summed E-state index contributed by atoms with van der Waals surface area (Å²) >= 11 is 0. The Hall–Kier alpha value is -2.20. The number of aliphatic hydroxyl groups excluding tert-OH is 1. The molecular weight excluding hydrogens is 228 g/mol. The molecule has 4 nitrogen and oxygen atoms in total. The second kappa shape index (κ2) is 6.51. The van der Waals surface area contributed by atoms with Crippen LogP contribution in [-0.2, 0) is 6.61 Å². The molecule has 0 radical (unpaired) electrons. The fourth-order valence-corrected chi connectivity index (χ4v) is 1.39. The Morgan fingerprint density at radius 1 is 1.06 bits per heavy atom. The van der Waals surface area contributed by atoms with Crippen LogP contribution in [0, 0.1) is 0 Å². The summed E-state index contributed by atoms with van der Waals surface area (Å²) in [5, 5.41) is 16.4. The topological polar surface area (TPSA) is 55.2 Å². The maximum absolute atomic E-state index is 8.81. The van der Waals surface area contributed by atoms with Crippen LogP contribution in [0.15, 0.2) is 48.5 Å². The van der Waals surface area contributed by atoms with Crippen LogP contribution in [0.3, 0.4) is 0 Å². The van der Waals surface area contributed by atoms with Crippen molar-refractivity contribution in [2.45, 2.75) is 6.61 Å². The lowest BCUT2D eigenvalue weighted by Crippen LogP contribution is -1.99. The zero-order valence-electron chi connectivity index (χ0n) is 9.86. The zero-order valence-corrected chi connectivity index (χ0v) is 9.86. The van der Waals surface area contributed by atoms with E-state index in [1.807, 2.05) is 42.5 Å². The standard InChI is InChI=1S/C14H14N2O2/c17-11-13-8-9-14(16-15-13)18-10-4-7-12-5-2-1-3-6-12/h1-9,17H,10-11H2/b7-4+. The minimum absolute atomic E-state index is 0.110. The molecule has 0 amide bonds. The van der Waals surface area contributed by atoms with Gasteiger partial charge in [-0.25, -0.2) is 0 Å². The van der Waals surface area contributed by atoms with Crippen LogP contribution in [0.5, 0.6) is 5.88 Å². The monoisotopic (exact) mass is 242 g/mol. The van der Waals surface area contributed by atoms with Gasteiger partial charge in [0.15, 0.2) is 0 Å². The van der Waals surface area contributed by atoms with Gasteiger partial charge in [0.2, 0.25) is 5.88 Å². The molecule has 0 aliphatic rings.